The van der Waals surface area contributed by atoms with Gasteiger partial charge in [0.05, 0.1) is 24.2 Å². The van der Waals surface area contributed by atoms with E-state index >= 15 is 0 Å². The highest BCUT2D eigenvalue weighted by molar-refractivity contribution is 6.00. The third kappa shape index (κ3) is 6.57. The van der Waals surface area contributed by atoms with Crippen LogP contribution in [0.1, 0.15) is 5.56 Å². The quantitative estimate of drug-likeness (QED) is 0.222. The van der Waals surface area contributed by atoms with Gasteiger partial charge in [-0.2, -0.15) is 0 Å². The number of rotatable bonds is 12. The van der Waals surface area contributed by atoms with Crippen molar-refractivity contribution in [2.24, 2.45) is 0 Å². The first-order chi connectivity index (χ1) is 17.4. The second-order valence-electron chi connectivity index (χ2n) is 8.00. The van der Waals surface area contributed by atoms with Crippen molar-refractivity contribution in [3.8, 4) is 22.8 Å². The topological polar surface area (TPSA) is 124 Å². The number of amides is 1. The minimum absolute atomic E-state index is 0.360. The number of carbonyl (C=O) groups excluding carboxylic acids is 1. The number of aromatic nitrogens is 2. The number of anilines is 4. The molecule has 0 atom stereocenters. The van der Waals surface area contributed by atoms with Crippen LogP contribution in [0, 0.1) is 5.41 Å². The van der Waals surface area contributed by atoms with Crippen molar-refractivity contribution >= 4 is 35.0 Å². The number of likely N-dealkylation sites (N-methyl/N-ethyl adjacent to an activating group) is 1. The summed E-state index contributed by atoms with van der Waals surface area (Å²) in [5.74, 6) is 1.16. The van der Waals surface area contributed by atoms with Gasteiger partial charge in [-0.05, 0) is 32.3 Å². The molecule has 0 radical (unpaired) electrons. The molecule has 0 fully saturated rings. The number of nitrogens with one attached hydrogen (secondary N) is 4. The molecular formula is C26H31N7O3. The fourth-order valence-corrected chi connectivity index (χ4v) is 3.35. The first-order valence-electron chi connectivity index (χ1n) is 11.2. The fraction of sp³-hybridized carbons (Fsp3) is 0.231. The van der Waals surface area contributed by atoms with E-state index in [4.69, 9.17) is 14.9 Å². The first kappa shape index (κ1) is 26.2. The zero-order valence-corrected chi connectivity index (χ0v) is 20.9. The summed E-state index contributed by atoms with van der Waals surface area (Å²) in [5, 5.41) is 16.7. The molecule has 0 spiro atoms. The third-order valence-electron chi connectivity index (χ3n) is 5.24. The van der Waals surface area contributed by atoms with Crippen LogP contribution in [0.25, 0.3) is 11.3 Å². The van der Waals surface area contributed by atoms with Crippen molar-refractivity contribution < 1.29 is 14.3 Å². The minimum Gasteiger partial charge on any atom is -0.494 e. The van der Waals surface area contributed by atoms with Crippen LogP contribution >= 0.6 is 0 Å². The van der Waals surface area contributed by atoms with Gasteiger partial charge >= 0.3 is 0 Å². The molecule has 10 nitrogen and oxygen atoms in total. The molecule has 188 valence electrons. The van der Waals surface area contributed by atoms with Gasteiger partial charge in [0.15, 0.2) is 0 Å². The molecule has 0 aliphatic rings. The molecule has 0 saturated heterocycles. The molecule has 4 N–H and O–H groups in total. The molecule has 36 heavy (non-hydrogen) atoms. The van der Waals surface area contributed by atoms with Gasteiger partial charge in [-0.1, -0.05) is 18.7 Å². The molecule has 0 aliphatic carbocycles. The summed E-state index contributed by atoms with van der Waals surface area (Å²) in [6.07, 6.45) is 3.96. The van der Waals surface area contributed by atoms with Gasteiger partial charge in [-0.25, -0.2) is 9.97 Å². The molecule has 1 heterocycles. The summed E-state index contributed by atoms with van der Waals surface area (Å²) in [6.45, 7) is 4.66. The van der Waals surface area contributed by atoms with E-state index in [1.54, 1.807) is 19.2 Å². The molecule has 0 unspecified atom stereocenters. The zero-order chi connectivity index (χ0) is 26.1. The van der Waals surface area contributed by atoms with Gasteiger partial charge in [0.1, 0.15) is 30.3 Å². The average Bonchev–Trinajstić information content (AvgIpc) is 2.89. The average molecular weight is 490 g/mol. The molecule has 1 amide bonds. The fourth-order valence-electron chi connectivity index (χ4n) is 3.35. The Bertz CT molecular complexity index is 1240. The van der Waals surface area contributed by atoms with Crippen LogP contribution in [-0.4, -0.2) is 68.4 Å². The molecule has 1 aromatic heterocycles. The number of benzene rings is 2. The molecule has 0 saturated carbocycles. The van der Waals surface area contributed by atoms with E-state index < -0.39 is 0 Å². The summed E-state index contributed by atoms with van der Waals surface area (Å²) < 4.78 is 11.5. The Morgan fingerprint density at radius 1 is 1.11 bits per heavy atom. The lowest BCUT2D eigenvalue weighted by molar-refractivity contribution is -0.111. The number of methoxy groups -OCH3 is 1. The maximum absolute atomic E-state index is 12.1. The molecule has 2 aromatic carbocycles. The standard InChI is InChI=1S/C26H31N7O3/c1-6-26(34)32-22-12-21(23(35-5)14-24(22)36-10-9-33(3)4)31-25-13-20(29-16-30-25)17-7-8-18(15-27)19(11-17)28-2/h6-8,11-16,27-28H,1,9-10H2,2-5H3,(H,32,34)(H,29,30,31). The summed E-state index contributed by atoms with van der Waals surface area (Å²) in [4.78, 5) is 22.8. The number of ether oxygens (including phenoxy) is 2. The van der Waals surface area contributed by atoms with E-state index in [1.807, 2.05) is 50.3 Å². The summed E-state index contributed by atoms with van der Waals surface area (Å²) in [6, 6.07) is 10.9. The smallest absolute Gasteiger partial charge is 0.247 e. The Morgan fingerprint density at radius 3 is 2.58 bits per heavy atom. The van der Waals surface area contributed by atoms with Crippen LogP contribution in [0.5, 0.6) is 11.5 Å². The Balaban J connectivity index is 1.94. The number of carbonyl (C=O) groups is 1. The van der Waals surface area contributed by atoms with Crippen LogP contribution in [0.3, 0.4) is 0 Å². The van der Waals surface area contributed by atoms with Crippen molar-refractivity contribution in [2.45, 2.75) is 0 Å². The predicted molar refractivity (Wildman–Crippen MR) is 144 cm³/mol. The molecule has 3 aromatic rings. The van der Waals surface area contributed by atoms with Crippen LogP contribution in [0.2, 0.25) is 0 Å². The largest absolute Gasteiger partial charge is 0.494 e. The molecular weight excluding hydrogens is 458 g/mol. The lowest BCUT2D eigenvalue weighted by Crippen LogP contribution is -2.20. The summed E-state index contributed by atoms with van der Waals surface area (Å²) >= 11 is 0. The normalized spacial score (nSPS) is 10.5. The van der Waals surface area contributed by atoms with E-state index in [2.05, 4.69) is 32.5 Å². The number of hydrogen-bond donors (Lipinski definition) is 4. The Hall–Kier alpha value is -4.44. The molecule has 10 heteroatoms. The minimum atomic E-state index is -0.360. The zero-order valence-electron chi connectivity index (χ0n) is 20.9. The van der Waals surface area contributed by atoms with Gasteiger partial charge in [-0.3, -0.25) is 4.79 Å². The molecule has 3 rings (SSSR count). The van der Waals surface area contributed by atoms with Gasteiger partial charge in [-0.15, -0.1) is 0 Å². The molecule has 0 bridgehead atoms. The second-order valence-corrected chi connectivity index (χ2v) is 8.00. The van der Waals surface area contributed by atoms with Gasteiger partial charge in [0, 0.05) is 48.8 Å². The lowest BCUT2D eigenvalue weighted by Gasteiger charge is -2.18. The Labute approximate surface area is 210 Å². The highest BCUT2D eigenvalue weighted by Gasteiger charge is 2.15. The van der Waals surface area contributed by atoms with E-state index in [9.17, 15) is 4.79 Å². The maximum Gasteiger partial charge on any atom is 0.247 e. The Kier molecular flexibility index (Phi) is 8.95. The van der Waals surface area contributed by atoms with Crippen molar-refractivity contribution in [3.05, 3.63) is 60.9 Å². The molecule has 0 aliphatic heterocycles. The van der Waals surface area contributed by atoms with Gasteiger partial charge in [0.25, 0.3) is 0 Å². The predicted octanol–water partition coefficient (Wildman–Crippen LogP) is 4.00. The summed E-state index contributed by atoms with van der Waals surface area (Å²) in [7, 11) is 7.27. The van der Waals surface area contributed by atoms with Crippen molar-refractivity contribution in [1.82, 2.24) is 14.9 Å². The van der Waals surface area contributed by atoms with Crippen molar-refractivity contribution in [1.29, 1.82) is 5.41 Å². The highest BCUT2D eigenvalue weighted by atomic mass is 16.5. The van der Waals surface area contributed by atoms with Crippen LogP contribution in [0.15, 0.2) is 55.4 Å². The number of nitrogens with zero attached hydrogens (tertiary/aromatic N) is 3. The van der Waals surface area contributed by atoms with Crippen LogP contribution in [0.4, 0.5) is 22.9 Å². The summed E-state index contributed by atoms with van der Waals surface area (Å²) in [5.41, 5.74) is 4.22. The maximum atomic E-state index is 12.1. The second kappa shape index (κ2) is 12.3. The first-order valence-corrected chi connectivity index (χ1v) is 11.2. The van der Waals surface area contributed by atoms with Gasteiger partial charge in [0.2, 0.25) is 5.91 Å². The monoisotopic (exact) mass is 489 g/mol. The third-order valence-corrected chi connectivity index (χ3v) is 5.24. The van der Waals surface area contributed by atoms with Gasteiger partial charge < -0.3 is 35.7 Å². The lowest BCUT2D eigenvalue weighted by atomic mass is 10.1. The van der Waals surface area contributed by atoms with Crippen LogP contribution < -0.4 is 25.4 Å². The van der Waals surface area contributed by atoms with E-state index in [-0.39, 0.29) is 5.91 Å². The van der Waals surface area contributed by atoms with Crippen molar-refractivity contribution in [3.63, 3.8) is 0 Å². The van der Waals surface area contributed by atoms with E-state index in [0.29, 0.717) is 47.5 Å². The van der Waals surface area contributed by atoms with Crippen LogP contribution in [-0.2, 0) is 4.79 Å². The van der Waals surface area contributed by atoms with E-state index in [1.165, 1.54) is 18.6 Å². The Morgan fingerprint density at radius 2 is 1.92 bits per heavy atom. The van der Waals surface area contributed by atoms with E-state index in [0.717, 1.165) is 16.8 Å². The highest BCUT2D eigenvalue weighted by Crippen LogP contribution is 2.38. The number of hydrogen-bond acceptors (Lipinski definition) is 9. The van der Waals surface area contributed by atoms with Crippen molar-refractivity contribution in [2.75, 3.05) is 57.4 Å². The SMILES string of the molecule is C=CC(=O)Nc1cc(Nc2cc(-c3ccc(C=N)c(NC)c3)ncn2)c(OC)cc1OCCN(C)C.